The Labute approximate surface area is 165 Å². The molecule has 0 unspecified atom stereocenters. The predicted octanol–water partition coefficient (Wildman–Crippen LogP) is 3.15. The van der Waals surface area contributed by atoms with Crippen LogP contribution in [0.15, 0.2) is 28.9 Å². The van der Waals surface area contributed by atoms with Crippen molar-refractivity contribution in [3.8, 4) is 0 Å². The van der Waals surface area contributed by atoms with Crippen molar-refractivity contribution in [2.24, 2.45) is 0 Å². The SMILES string of the molecule is S=C(NCc1ccco1)Nc1nc(N2CCCCC2)cc(N2CCCC2)n1. The number of nitrogens with one attached hydrogen (secondary N) is 2. The summed E-state index contributed by atoms with van der Waals surface area (Å²) in [6.07, 6.45) is 7.82. The predicted molar refractivity (Wildman–Crippen MR) is 111 cm³/mol. The number of hydrogen-bond acceptors (Lipinski definition) is 6. The lowest BCUT2D eigenvalue weighted by molar-refractivity contribution is 0.503. The smallest absolute Gasteiger partial charge is 0.232 e. The van der Waals surface area contributed by atoms with Gasteiger partial charge in [-0.15, -0.1) is 0 Å². The molecule has 0 spiro atoms. The Morgan fingerprint density at radius 1 is 1.00 bits per heavy atom. The van der Waals surface area contributed by atoms with Crippen molar-refractivity contribution in [1.29, 1.82) is 0 Å². The number of furan rings is 1. The maximum Gasteiger partial charge on any atom is 0.232 e. The topological polar surface area (TPSA) is 69.5 Å². The van der Waals surface area contributed by atoms with Gasteiger partial charge < -0.3 is 24.9 Å². The van der Waals surface area contributed by atoms with Crippen LogP contribution in [0.3, 0.4) is 0 Å². The molecule has 27 heavy (non-hydrogen) atoms. The van der Waals surface area contributed by atoms with E-state index in [-0.39, 0.29) is 0 Å². The fraction of sp³-hybridized carbons (Fsp3) is 0.526. The zero-order chi connectivity index (χ0) is 18.5. The summed E-state index contributed by atoms with van der Waals surface area (Å²) >= 11 is 5.42. The third-order valence-electron chi connectivity index (χ3n) is 5.04. The van der Waals surface area contributed by atoms with Crippen molar-refractivity contribution in [3.63, 3.8) is 0 Å². The van der Waals surface area contributed by atoms with E-state index in [9.17, 15) is 0 Å². The van der Waals surface area contributed by atoms with Gasteiger partial charge in [-0.3, -0.25) is 0 Å². The van der Waals surface area contributed by atoms with E-state index in [2.05, 4.69) is 26.5 Å². The maximum absolute atomic E-state index is 5.42. The van der Waals surface area contributed by atoms with Crippen LogP contribution >= 0.6 is 12.2 Å². The molecule has 0 aromatic carbocycles. The van der Waals surface area contributed by atoms with E-state index in [1.54, 1.807) is 6.26 Å². The summed E-state index contributed by atoms with van der Waals surface area (Å²) in [5.41, 5.74) is 0. The van der Waals surface area contributed by atoms with Crippen LogP contribution in [0, 0.1) is 0 Å². The van der Waals surface area contributed by atoms with Gasteiger partial charge in [0.1, 0.15) is 17.4 Å². The number of rotatable bonds is 5. The Bertz CT molecular complexity index is 754. The van der Waals surface area contributed by atoms with Crippen LogP contribution in [-0.4, -0.2) is 41.3 Å². The molecule has 2 aliphatic rings. The number of aromatic nitrogens is 2. The molecule has 2 aromatic rings. The zero-order valence-electron chi connectivity index (χ0n) is 15.5. The van der Waals surface area contributed by atoms with E-state index in [0.717, 1.165) is 43.6 Å². The lowest BCUT2D eigenvalue weighted by Gasteiger charge is -2.29. The van der Waals surface area contributed by atoms with Gasteiger partial charge in [0, 0.05) is 32.2 Å². The van der Waals surface area contributed by atoms with Crippen molar-refractivity contribution < 1.29 is 4.42 Å². The summed E-state index contributed by atoms with van der Waals surface area (Å²) in [4.78, 5) is 14.2. The van der Waals surface area contributed by atoms with E-state index in [0.29, 0.717) is 17.6 Å². The molecule has 0 amide bonds. The first-order valence-corrected chi connectivity index (χ1v) is 10.1. The highest BCUT2D eigenvalue weighted by atomic mass is 32.1. The molecule has 2 N–H and O–H groups in total. The van der Waals surface area contributed by atoms with E-state index < -0.39 is 0 Å². The first kappa shape index (κ1) is 18.0. The third-order valence-corrected chi connectivity index (χ3v) is 5.28. The van der Waals surface area contributed by atoms with Crippen LogP contribution in [0.2, 0.25) is 0 Å². The Morgan fingerprint density at radius 3 is 2.22 bits per heavy atom. The molecule has 2 fully saturated rings. The van der Waals surface area contributed by atoms with Gasteiger partial charge in [-0.05, 0) is 56.5 Å². The van der Waals surface area contributed by atoms with E-state index in [1.807, 2.05) is 12.1 Å². The minimum absolute atomic E-state index is 0.495. The largest absolute Gasteiger partial charge is 0.467 e. The highest BCUT2D eigenvalue weighted by Gasteiger charge is 2.19. The molecule has 0 aliphatic carbocycles. The van der Waals surface area contributed by atoms with Gasteiger partial charge >= 0.3 is 0 Å². The minimum Gasteiger partial charge on any atom is -0.467 e. The average molecular weight is 387 g/mol. The van der Waals surface area contributed by atoms with Crippen molar-refractivity contribution in [1.82, 2.24) is 15.3 Å². The van der Waals surface area contributed by atoms with Crippen molar-refractivity contribution in [2.45, 2.75) is 38.6 Å². The second-order valence-corrected chi connectivity index (χ2v) is 7.45. The molecular formula is C19H26N6OS. The highest BCUT2D eigenvalue weighted by Crippen LogP contribution is 2.26. The molecule has 4 rings (SSSR count). The molecule has 8 heteroatoms. The second-order valence-electron chi connectivity index (χ2n) is 7.04. The van der Waals surface area contributed by atoms with Crippen molar-refractivity contribution in [2.75, 3.05) is 41.3 Å². The van der Waals surface area contributed by atoms with Gasteiger partial charge in [0.05, 0.1) is 12.8 Å². The number of hydrogen-bond donors (Lipinski definition) is 2. The molecular weight excluding hydrogens is 360 g/mol. The molecule has 2 saturated heterocycles. The molecule has 0 bridgehead atoms. The van der Waals surface area contributed by atoms with Crippen LogP contribution in [0.5, 0.6) is 0 Å². The van der Waals surface area contributed by atoms with E-state index in [4.69, 9.17) is 26.6 Å². The highest BCUT2D eigenvalue weighted by molar-refractivity contribution is 7.80. The number of thiocarbonyl (C=S) groups is 1. The number of piperidine rings is 1. The average Bonchev–Trinajstić information content (AvgIpc) is 3.41. The summed E-state index contributed by atoms with van der Waals surface area (Å²) < 4.78 is 5.32. The fourth-order valence-electron chi connectivity index (χ4n) is 3.60. The van der Waals surface area contributed by atoms with Crippen LogP contribution in [0.25, 0.3) is 0 Å². The van der Waals surface area contributed by atoms with Crippen molar-refractivity contribution in [3.05, 3.63) is 30.2 Å². The summed E-state index contributed by atoms with van der Waals surface area (Å²) in [5.74, 6) is 3.36. The van der Waals surface area contributed by atoms with Gasteiger partial charge in [-0.1, -0.05) is 0 Å². The van der Waals surface area contributed by atoms with E-state index in [1.165, 1.54) is 32.1 Å². The molecule has 2 aliphatic heterocycles. The fourth-order valence-corrected chi connectivity index (χ4v) is 3.76. The summed E-state index contributed by atoms with van der Waals surface area (Å²) in [5, 5.41) is 6.79. The monoisotopic (exact) mass is 386 g/mol. The Balaban J connectivity index is 1.49. The molecule has 0 saturated carbocycles. The normalized spacial score (nSPS) is 17.2. The van der Waals surface area contributed by atoms with Crippen LogP contribution in [-0.2, 0) is 6.54 Å². The van der Waals surface area contributed by atoms with Crippen LogP contribution < -0.4 is 20.4 Å². The first-order chi connectivity index (χ1) is 13.3. The van der Waals surface area contributed by atoms with Gasteiger partial charge in [-0.2, -0.15) is 9.97 Å². The number of nitrogens with zero attached hydrogens (tertiary/aromatic N) is 4. The molecule has 144 valence electrons. The van der Waals surface area contributed by atoms with Crippen LogP contribution in [0.4, 0.5) is 17.6 Å². The summed E-state index contributed by atoms with van der Waals surface area (Å²) in [6, 6.07) is 5.90. The standard InChI is InChI=1S/C19H26N6OS/c27-19(20-14-15-7-6-12-26-15)23-18-21-16(24-8-2-1-3-9-24)13-17(22-18)25-10-4-5-11-25/h6-7,12-13H,1-5,8-11,14H2,(H2,20,21,22,23,27). The molecule has 4 heterocycles. The molecule has 7 nitrogen and oxygen atoms in total. The van der Waals surface area contributed by atoms with Gasteiger partial charge in [-0.25, -0.2) is 0 Å². The van der Waals surface area contributed by atoms with Crippen molar-refractivity contribution >= 4 is 34.9 Å². The van der Waals surface area contributed by atoms with Gasteiger partial charge in [0.2, 0.25) is 5.95 Å². The van der Waals surface area contributed by atoms with Gasteiger partial charge in [0.15, 0.2) is 5.11 Å². The van der Waals surface area contributed by atoms with E-state index >= 15 is 0 Å². The first-order valence-electron chi connectivity index (χ1n) is 9.74. The third kappa shape index (κ3) is 4.68. The number of anilines is 3. The quantitative estimate of drug-likeness (QED) is 0.760. The lowest BCUT2D eigenvalue weighted by atomic mass is 10.1. The maximum atomic E-state index is 5.42. The second kappa shape index (κ2) is 8.56. The Hall–Kier alpha value is -2.35. The van der Waals surface area contributed by atoms with Crippen LogP contribution in [0.1, 0.15) is 37.9 Å². The Kier molecular flexibility index (Phi) is 5.72. The zero-order valence-corrected chi connectivity index (χ0v) is 16.3. The Morgan fingerprint density at radius 2 is 1.63 bits per heavy atom. The minimum atomic E-state index is 0.495. The molecule has 0 radical (unpaired) electrons. The van der Waals surface area contributed by atoms with Gasteiger partial charge in [0.25, 0.3) is 0 Å². The molecule has 0 atom stereocenters. The summed E-state index contributed by atoms with van der Waals surface area (Å²) in [7, 11) is 0. The summed E-state index contributed by atoms with van der Waals surface area (Å²) in [6.45, 7) is 4.74. The lowest BCUT2D eigenvalue weighted by Crippen LogP contribution is -2.32. The molecule has 2 aromatic heterocycles.